The maximum atomic E-state index is 10.8. The number of amides is 1. The molecule has 0 aromatic heterocycles. The molecule has 1 saturated carbocycles. The van der Waals surface area contributed by atoms with Gasteiger partial charge < -0.3 is 25.2 Å². The molecule has 3 fully saturated rings. The lowest BCUT2D eigenvalue weighted by Crippen LogP contribution is -2.51. The topological polar surface area (TPSA) is 99.1 Å². The van der Waals surface area contributed by atoms with E-state index in [-0.39, 0.29) is 5.60 Å². The van der Waals surface area contributed by atoms with Crippen molar-refractivity contribution in [1.82, 2.24) is 10.2 Å². The van der Waals surface area contributed by atoms with Crippen LogP contribution in [0.3, 0.4) is 0 Å². The van der Waals surface area contributed by atoms with E-state index in [2.05, 4.69) is 5.32 Å². The minimum atomic E-state index is -0.833. The Morgan fingerprint density at radius 1 is 1.24 bits per heavy atom. The SMILES string of the molecule is CC(=O)O.O=C(O)N1CCC(C2CNCC3(CC3)O2)CC1. The number of hydrogen-bond acceptors (Lipinski definition) is 4. The van der Waals surface area contributed by atoms with Gasteiger partial charge in [-0.1, -0.05) is 0 Å². The molecule has 120 valence electrons. The van der Waals surface area contributed by atoms with Gasteiger partial charge in [0.2, 0.25) is 0 Å². The molecule has 0 bridgehead atoms. The fourth-order valence-corrected chi connectivity index (χ4v) is 3.01. The van der Waals surface area contributed by atoms with E-state index in [4.69, 9.17) is 19.7 Å². The minimum absolute atomic E-state index is 0.146. The van der Waals surface area contributed by atoms with Gasteiger partial charge in [0.1, 0.15) is 0 Å². The molecule has 1 aliphatic carbocycles. The zero-order chi connectivity index (χ0) is 15.5. The second-order valence-corrected chi connectivity index (χ2v) is 6.10. The first-order chi connectivity index (χ1) is 9.92. The van der Waals surface area contributed by atoms with Gasteiger partial charge in [-0.05, 0) is 31.6 Å². The molecule has 2 saturated heterocycles. The first-order valence-electron chi connectivity index (χ1n) is 7.48. The zero-order valence-corrected chi connectivity index (χ0v) is 12.4. The Morgan fingerprint density at radius 3 is 2.29 bits per heavy atom. The molecular formula is C14H24N2O5. The van der Waals surface area contributed by atoms with Gasteiger partial charge in [-0.15, -0.1) is 0 Å². The van der Waals surface area contributed by atoms with Gasteiger partial charge in [-0.25, -0.2) is 4.79 Å². The van der Waals surface area contributed by atoms with Gasteiger partial charge in [-0.2, -0.15) is 0 Å². The van der Waals surface area contributed by atoms with Crippen LogP contribution in [0, 0.1) is 5.92 Å². The van der Waals surface area contributed by atoms with Crippen LogP contribution in [0.4, 0.5) is 4.79 Å². The number of likely N-dealkylation sites (tertiary alicyclic amines) is 1. The summed E-state index contributed by atoms with van der Waals surface area (Å²) in [5.74, 6) is -0.309. The number of aliphatic carboxylic acids is 1. The molecule has 1 atom stereocenters. The van der Waals surface area contributed by atoms with Crippen LogP contribution in [-0.2, 0) is 9.53 Å². The average Bonchev–Trinajstić information content (AvgIpc) is 3.17. The summed E-state index contributed by atoms with van der Waals surface area (Å²) in [6.45, 7) is 4.33. The summed E-state index contributed by atoms with van der Waals surface area (Å²) in [6.07, 6.45) is 3.75. The van der Waals surface area contributed by atoms with Crippen LogP contribution in [0.15, 0.2) is 0 Å². The molecule has 0 aromatic rings. The highest BCUT2D eigenvalue weighted by atomic mass is 16.5. The summed E-state index contributed by atoms with van der Waals surface area (Å²) >= 11 is 0. The van der Waals surface area contributed by atoms with E-state index in [1.165, 1.54) is 17.7 Å². The fraction of sp³-hybridized carbons (Fsp3) is 0.857. The third-order valence-electron chi connectivity index (χ3n) is 4.34. The van der Waals surface area contributed by atoms with Crippen LogP contribution in [-0.4, -0.2) is 65.1 Å². The summed E-state index contributed by atoms with van der Waals surface area (Å²) in [7, 11) is 0. The molecule has 2 heterocycles. The maximum absolute atomic E-state index is 10.8. The van der Waals surface area contributed by atoms with Crippen LogP contribution >= 0.6 is 0 Å². The summed E-state index contributed by atoms with van der Waals surface area (Å²) < 4.78 is 6.19. The van der Waals surface area contributed by atoms with Gasteiger partial charge in [0, 0.05) is 33.1 Å². The van der Waals surface area contributed by atoms with E-state index >= 15 is 0 Å². The lowest BCUT2D eigenvalue weighted by atomic mass is 9.90. The van der Waals surface area contributed by atoms with E-state index in [1.807, 2.05) is 0 Å². The van der Waals surface area contributed by atoms with E-state index in [9.17, 15) is 4.79 Å². The number of nitrogens with zero attached hydrogens (tertiary/aromatic N) is 1. The summed E-state index contributed by atoms with van der Waals surface area (Å²) in [6, 6.07) is 0. The molecule has 3 rings (SSSR count). The van der Waals surface area contributed by atoms with Gasteiger partial charge in [0.25, 0.3) is 5.97 Å². The van der Waals surface area contributed by atoms with Crippen LogP contribution < -0.4 is 5.32 Å². The van der Waals surface area contributed by atoms with Crippen molar-refractivity contribution in [1.29, 1.82) is 0 Å². The lowest BCUT2D eigenvalue weighted by molar-refractivity contribution is -0.134. The Balaban J connectivity index is 0.000000361. The van der Waals surface area contributed by atoms with E-state index < -0.39 is 12.1 Å². The summed E-state index contributed by atoms with van der Waals surface area (Å²) in [4.78, 5) is 21.3. The summed E-state index contributed by atoms with van der Waals surface area (Å²) in [5, 5.41) is 19.8. The Kier molecular flexibility index (Phi) is 5.05. The third kappa shape index (κ3) is 4.57. The highest BCUT2D eigenvalue weighted by molar-refractivity contribution is 5.65. The van der Waals surface area contributed by atoms with Crippen molar-refractivity contribution < 1.29 is 24.5 Å². The molecule has 0 radical (unpaired) electrons. The van der Waals surface area contributed by atoms with Crippen molar-refractivity contribution in [2.24, 2.45) is 5.92 Å². The first kappa shape index (κ1) is 16.0. The second-order valence-electron chi connectivity index (χ2n) is 6.10. The molecule has 7 heteroatoms. The quantitative estimate of drug-likeness (QED) is 0.668. The van der Waals surface area contributed by atoms with Crippen molar-refractivity contribution in [3.63, 3.8) is 0 Å². The number of hydrogen-bond donors (Lipinski definition) is 3. The van der Waals surface area contributed by atoms with Crippen LogP contribution in [0.2, 0.25) is 0 Å². The predicted molar refractivity (Wildman–Crippen MR) is 75.3 cm³/mol. The average molecular weight is 300 g/mol. The van der Waals surface area contributed by atoms with E-state index in [0.717, 1.165) is 32.9 Å². The molecule has 7 nitrogen and oxygen atoms in total. The molecule has 21 heavy (non-hydrogen) atoms. The van der Waals surface area contributed by atoms with Crippen molar-refractivity contribution in [3.05, 3.63) is 0 Å². The fourth-order valence-electron chi connectivity index (χ4n) is 3.01. The Bertz CT molecular complexity index is 385. The highest BCUT2D eigenvalue weighted by Gasteiger charge is 2.49. The van der Waals surface area contributed by atoms with Crippen molar-refractivity contribution >= 4 is 12.1 Å². The molecule has 3 aliphatic rings. The monoisotopic (exact) mass is 300 g/mol. The van der Waals surface area contributed by atoms with Gasteiger partial charge in [0.15, 0.2) is 0 Å². The molecule has 2 aliphatic heterocycles. The molecule has 1 spiro atoms. The van der Waals surface area contributed by atoms with Gasteiger partial charge in [0.05, 0.1) is 11.7 Å². The second kappa shape index (κ2) is 6.62. The highest BCUT2D eigenvalue weighted by Crippen LogP contribution is 2.43. The summed E-state index contributed by atoms with van der Waals surface area (Å²) in [5.41, 5.74) is 0.146. The largest absolute Gasteiger partial charge is 0.481 e. The third-order valence-corrected chi connectivity index (χ3v) is 4.34. The van der Waals surface area contributed by atoms with E-state index in [1.54, 1.807) is 0 Å². The van der Waals surface area contributed by atoms with Crippen molar-refractivity contribution in [2.75, 3.05) is 26.2 Å². The van der Waals surface area contributed by atoms with Gasteiger partial charge >= 0.3 is 6.09 Å². The zero-order valence-electron chi connectivity index (χ0n) is 12.4. The number of carboxylic acid groups (broad SMARTS) is 2. The molecule has 1 unspecified atom stereocenters. The van der Waals surface area contributed by atoms with Crippen LogP contribution in [0.25, 0.3) is 0 Å². The smallest absolute Gasteiger partial charge is 0.407 e. The molecular weight excluding hydrogens is 276 g/mol. The Morgan fingerprint density at radius 2 is 1.81 bits per heavy atom. The number of morpholine rings is 1. The lowest BCUT2D eigenvalue weighted by Gasteiger charge is -2.39. The number of nitrogens with one attached hydrogen (secondary N) is 1. The van der Waals surface area contributed by atoms with Gasteiger partial charge in [-0.3, -0.25) is 4.79 Å². The number of rotatable bonds is 1. The number of carboxylic acids is 1. The maximum Gasteiger partial charge on any atom is 0.407 e. The molecule has 3 N–H and O–H groups in total. The minimum Gasteiger partial charge on any atom is -0.481 e. The normalized spacial score (nSPS) is 27.7. The number of ether oxygens (including phenoxy) is 1. The number of carbonyl (C=O) groups is 2. The van der Waals surface area contributed by atoms with Crippen LogP contribution in [0.1, 0.15) is 32.6 Å². The molecule has 1 amide bonds. The van der Waals surface area contributed by atoms with Crippen molar-refractivity contribution in [2.45, 2.75) is 44.3 Å². The predicted octanol–water partition coefficient (Wildman–Crippen LogP) is 0.988. The van der Waals surface area contributed by atoms with Crippen molar-refractivity contribution in [3.8, 4) is 0 Å². The Labute approximate surface area is 124 Å². The first-order valence-corrected chi connectivity index (χ1v) is 7.48. The van der Waals surface area contributed by atoms with E-state index in [0.29, 0.717) is 25.1 Å². The number of piperidine rings is 1. The standard InChI is InChI=1S/C12H20N2O3.C2H4O2/c15-11(16)14-5-1-9(2-6-14)10-7-13-8-12(17-10)3-4-12;1-2(3)4/h9-10,13H,1-8H2,(H,15,16);1H3,(H,3,4). The molecule has 0 aromatic carbocycles. The van der Waals surface area contributed by atoms with Crippen LogP contribution in [0.5, 0.6) is 0 Å². The Hall–Kier alpha value is -1.34.